The summed E-state index contributed by atoms with van der Waals surface area (Å²) in [4.78, 5) is 13.6. The third-order valence-corrected chi connectivity index (χ3v) is 6.46. The zero-order valence-electron chi connectivity index (χ0n) is 18.8. The molecule has 0 saturated carbocycles. The Kier molecular flexibility index (Phi) is 5.32. The Bertz CT molecular complexity index is 1240. The van der Waals surface area contributed by atoms with Crippen LogP contribution in [-0.2, 0) is 4.79 Å². The van der Waals surface area contributed by atoms with E-state index in [0.29, 0.717) is 31.1 Å². The Morgan fingerprint density at radius 1 is 1.15 bits per heavy atom. The van der Waals surface area contributed by atoms with Gasteiger partial charge in [0, 0.05) is 23.6 Å². The molecule has 0 bridgehead atoms. The number of aryl methyl sites for hydroxylation is 1. The number of ether oxygens (including phenoxy) is 2. The van der Waals surface area contributed by atoms with Gasteiger partial charge in [0.05, 0.1) is 25.0 Å². The number of fused-ring (bicyclic) bond motifs is 1. The molecule has 2 N–H and O–H groups in total. The lowest BCUT2D eigenvalue weighted by Gasteiger charge is -2.34. The highest BCUT2D eigenvalue weighted by Gasteiger charge is 2.41. The maximum absolute atomic E-state index is 13.6. The number of hydrogen-bond acceptors (Lipinski definition) is 7. The van der Waals surface area contributed by atoms with Gasteiger partial charge in [-0.05, 0) is 61.6 Å². The van der Waals surface area contributed by atoms with Gasteiger partial charge in [0.2, 0.25) is 5.88 Å². The summed E-state index contributed by atoms with van der Waals surface area (Å²) in [6.07, 6.45) is 1.02. The zero-order chi connectivity index (χ0) is 23.1. The maximum Gasteiger partial charge on any atom is 0.233 e. The molecule has 0 amide bonds. The fourth-order valence-corrected chi connectivity index (χ4v) is 4.91. The van der Waals surface area contributed by atoms with Crippen LogP contribution in [0.25, 0.3) is 0 Å². The number of nitrogens with one attached hydrogen (secondary N) is 1. The van der Waals surface area contributed by atoms with Gasteiger partial charge in [-0.3, -0.25) is 4.79 Å². The monoisotopic (exact) mass is 446 g/mol. The van der Waals surface area contributed by atoms with Crippen molar-refractivity contribution in [3.8, 4) is 17.2 Å². The van der Waals surface area contributed by atoms with Crippen molar-refractivity contribution in [1.82, 2.24) is 5.16 Å². The molecule has 170 valence electrons. The zero-order valence-corrected chi connectivity index (χ0v) is 18.8. The molecular weight excluding hydrogens is 420 g/mol. The van der Waals surface area contributed by atoms with Gasteiger partial charge in [0.25, 0.3) is 0 Å². The molecule has 0 radical (unpaired) electrons. The molecule has 0 unspecified atom stereocenters. The standard InChI is InChI=1S/C26H26N2O5/c1-4-32-18-8-5-15(6-9-18)24-23-14(2)28-33-26(23)27-19-11-17(12-21(30)25(19)24)16-7-10-20(29)22(13-16)31-3/h5-10,13,17,24,27,29H,4,11-12H2,1-3H3/t17-,24+/m1/s1. The molecule has 0 fully saturated rings. The summed E-state index contributed by atoms with van der Waals surface area (Å²) in [6.45, 7) is 4.44. The number of methoxy groups -OCH3 is 1. The Hall–Kier alpha value is -3.74. The summed E-state index contributed by atoms with van der Waals surface area (Å²) in [5.41, 5.74) is 5.23. The molecule has 7 heteroatoms. The number of hydrogen-bond donors (Lipinski definition) is 2. The topological polar surface area (TPSA) is 93.8 Å². The highest BCUT2D eigenvalue weighted by molar-refractivity contribution is 6.01. The Balaban J connectivity index is 1.56. The average molecular weight is 447 g/mol. The molecule has 1 aliphatic heterocycles. The molecule has 33 heavy (non-hydrogen) atoms. The van der Waals surface area contributed by atoms with Crippen LogP contribution in [-0.4, -0.2) is 29.8 Å². The normalized spacial score (nSPS) is 19.5. The number of phenols is 1. The van der Waals surface area contributed by atoms with Crippen molar-refractivity contribution in [1.29, 1.82) is 0 Å². The van der Waals surface area contributed by atoms with E-state index in [4.69, 9.17) is 14.0 Å². The molecule has 2 aromatic carbocycles. The van der Waals surface area contributed by atoms with Crippen LogP contribution in [0.3, 0.4) is 0 Å². The van der Waals surface area contributed by atoms with Gasteiger partial charge in [0.1, 0.15) is 5.75 Å². The summed E-state index contributed by atoms with van der Waals surface area (Å²) in [5.74, 6) is 1.66. The van der Waals surface area contributed by atoms with Gasteiger partial charge in [-0.25, -0.2) is 0 Å². The van der Waals surface area contributed by atoms with Crippen LogP contribution in [0, 0.1) is 6.92 Å². The molecule has 0 saturated heterocycles. The minimum atomic E-state index is -0.249. The largest absolute Gasteiger partial charge is 0.504 e. The number of carbonyl (C=O) groups excluding carboxylic acids is 1. The number of aromatic nitrogens is 1. The fourth-order valence-electron chi connectivity index (χ4n) is 4.91. The second-order valence-electron chi connectivity index (χ2n) is 8.42. The van der Waals surface area contributed by atoms with E-state index in [9.17, 15) is 9.90 Å². The van der Waals surface area contributed by atoms with Gasteiger partial charge in [-0.1, -0.05) is 23.4 Å². The first-order valence-electron chi connectivity index (χ1n) is 11.1. The lowest BCUT2D eigenvalue weighted by molar-refractivity contribution is -0.116. The van der Waals surface area contributed by atoms with E-state index in [0.717, 1.165) is 39.4 Å². The number of aromatic hydroxyl groups is 1. The lowest BCUT2D eigenvalue weighted by atomic mass is 9.72. The van der Waals surface area contributed by atoms with Gasteiger partial charge in [-0.15, -0.1) is 0 Å². The van der Waals surface area contributed by atoms with E-state index >= 15 is 0 Å². The predicted octanol–water partition coefficient (Wildman–Crippen LogP) is 5.05. The first kappa shape index (κ1) is 21.1. The van der Waals surface area contributed by atoms with Gasteiger partial charge >= 0.3 is 0 Å². The highest BCUT2D eigenvalue weighted by Crippen LogP contribution is 2.49. The van der Waals surface area contributed by atoms with Gasteiger partial charge in [-0.2, -0.15) is 0 Å². The van der Waals surface area contributed by atoms with E-state index in [2.05, 4.69) is 10.5 Å². The number of carbonyl (C=O) groups is 1. The molecule has 2 heterocycles. The third-order valence-electron chi connectivity index (χ3n) is 6.46. The van der Waals surface area contributed by atoms with Crippen molar-refractivity contribution < 1.29 is 23.9 Å². The maximum atomic E-state index is 13.6. The number of phenolic OH excluding ortho intramolecular Hbond substituents is 1. The second kappa shape index (κ2) is 8.31. The molecule has 7 nitrogen and oxygen atoms in total. The fraction of sp³-hybridized carbons (Fsp3) is 0.308. The Morgan fingerprint density at radius 2 is 1.91 bits per heavy atom. The molecule has 1 aromatic heterocycles. The molecule has 1 aliphatic carbocycles. The summed E-state index contributed by atoms with van der Waals surface area (Å²) in [6, 6.07) is 13.1. The van der Waals surface area contributed by atoms with Crippen molar-refractivity contribution in [3.05, 3.63) is 76.1 Å². The Labute approximate surface area is 192 Å². The predicted molar refractivity (Wildman–Crippen MR) is 123 cm³/mol. The minimum Gasteiger partial charge on any atom is -0.504 e. The summed E-state index contributed by atoms with van der Waals surface area (Å²) >= 11 is 0. The Morgan fingerprint density at radius 3 is 2.64 bits per heavy atom. The molecule has 5 rings (SSSR count). The molecule has 2 atom stereocenters. The van der Waals surface area contributed by atoms with Crippen molar-refractivity contribution in [2.45, 2.75) is 38.5 Å². The van der Waals surface area contributed by atoms with Gasteiger partial charge in [0.15, 0.2) is 17.3 Å². The van der Waals surface area contributed by atoms with E-state index in [1.807, 2.05) is 44.2 Å². The number of benzene rings is 2. The van der Waals surface area contributed by atoms with Gasteiger partial charge < -0.3 is 24.4 Å². The molecule has 3 aromatic rings. The van der Waals surface area contributed by atoms with E-state index in [1.54, 1.807) is 12.1 Å². The number of nitrogens with zero attached hydrogens (tertiary/aromatic N) is 1. The van der Waals surface area contributed by atoms with E-state index in [-0.39, 0.29) is 23.4 Å². The second-order valence-corrected chi connectivity index (χ2v) is 8.42. The van der Waals surface area contributed by atoms with Crippen molar-refractivity contribution >= 4 is 11.7 Å². The van der Waals surface area contributed by atoms with Crippen LogP contribution in [0.1, 0.15) is 54.0 Å². The summed E-state index contributed by atoms with van der Waals surface area (Å²) < 4.78 is 16.5. The average Bonchev–Trinajstić information content (AvgIpc) is 3.19. The first-order chi connectivity index (χ1) is 16.0. The minimum absolute atomic E-state index is 0.0372. The van der Waals surface area contributed by atoms with Crippen molar-refractivity contribution in [2.24, 2.45) is 0 Å². The third kappa shape index (κ3) is 3.63. The SMILES string of the molecule is CCOc1ccc([C@@H]2C3=C(C[C@@H](c4ccc(O)c(OC)c4)CC3=O)Nc3onc(C)c32)cc1. The van der Waals surface area contributed by atoms with E-state index in [1.165, 1.54) is 7.11 Å². The summed E-state index contributed by atoms with van der Waals surface area (Å²) in [5, 5.41) is 17.5. The first-order valence-corrected chi connectivity index (χ1v) is 11.1. The van der Waals surface area contributed by atoms with Crippen molar-refractivity contribution in [2.75, 3.05) is 19.0 Å². The number of Topliss-reactive ketones (excluding diaryl/α,β-unsaturated/α-hetero) is 1. The quantitative estimate of drug-likeness (QED) is 0.566. The van der Waals surface area contributed by atoms with Crippen molar-refractivity contribution in [3.63, 3.8) is 0 Å². The number of allylic oxidation sites excluding steroid dienone is 2. The molecule has 0 spiro atoms. The van der Waals surface area contributed by atoms with Crippen LogP contribution in [0.15, 0.2) is 58.3 Å². The van der Waals surface area contributed by atoms with Crippen LogP contribution >= 0.6 is 0 Å². The number of anilines is 1. The van der Waals surface area contributed by atoms with Crippen LogP contribution in [0.2, 0.25) is 0 Å². The van der Waals surface area contributed by atoms with Crippen LogP contribution in [0.5, 0.6) is 17.2 Å². The van der Waals surface area contributed by atoms with Crippen LogP contribution in [0.4, 0.5) is 5.88 Å². The number of rotatable bonds is 5. The molecule has 2 aliphatic rings. The lowest BCUT2D eigenvalue weighted by Crippen LogP contribution is -2.29. The summed E-state index contributed by atoms with van der Waals surface area (Å²) in [7, 11) is 1.52. The van der Waals surface area contributed by atoms with Crippen LogP contribution < -0.4 is 14.8 Å². The number of ketones is 1. The molecular formula is C26H26N2O5. The van der Waals surface area contributed by atoms with E-state index < -0.39 is 0 Å². The smallest absolute Gasteiger partial charge is 0.233 e. The highest BCUT2D eigenvalue weighted by atomic mass is 16.5.